The van der Waals surface area contributed by atoms with E-state index in [1.54, 1.807) is 4.90 Å². The number of anilines is 2. The van der Waals surface area contributed by atoms with Crippen LogP contribution in [0.4, 0.5) is 11.4 Å². The van der Waals surface area contributed by atoms with Crippen LogP contribution in [0, 0.1) is 0 Å². The molecule has 4 aromatic carbocycles. The van der Waals surface area contributed by atoms with E-state index in [2.05, 4.69) is 87.7 Å². The Bertz CT molecular complexity index is 2260. The van der Waals surface area contributed by atoms with E-state index in [9.17, 15) is 19.5 Å². The van der Waals surface area contributed by atoms with Crippen molar-refractivity contribution in [1.82, 2.24) is 20.0 Å². The van der Waals surface area contributed by atoms with Gasteiger partial charge in [0.2, 0.25) is 11.8 Å². The lowest BCUT2D eigenvalue weighted by molar-refractivity contribution is -0.136. The van der Waals surface area contributed by atoms with Gasteiger partial charge in [-0.05, 0) is 90.3 Å². The molecule has 0 saturated carbocycles. The first-order chi connectivity index (χ1) is 27.8. The maximum absolute atomic E-state index is 13.4. The summed E-state index contributed by atoms with van der Waals surface area (Å²) in [5.74, 6) is 1.48. The van der Waals surface area contributed by atoms with Gasteiger partial charge in [0, 0.05) is 61.2 Å². The predicted octanol–water partition coefficient (Wildman–Crippen LogP) is 5.21. The number of amides is 3. The quantitative estimate of drug-likeness (QED) is 0.235. The number of hydrogen-bond donors (Lipinski definition) is 3. The lowest BCUT2D eigenvalue weighted by Gasteiger charge is -2.47. The maximum Gasteiger partial charge on any atom is 0.255 e. The molecule has 4 aromatic rings. The molecule has 1 aliphatic carbocycles. The third-order valence-corrected chi connectivity index (χ3v) is 13.1. The number of phenolic OH excluding ortho intramolecular Hbond substituents is 1. The number of phenols is 1. The molecule has 292 valence electrons. The summed E-state index contributed by atoms with van der Waals surface area (Å²) in [6.45, 7) is 8.68. The molecule has 10 rings (SSSR count). The number of nitrogens with one attached hydrogen (secondary N) is 2. The number of ether oxygens (including phenoxy) is 1. The van der Waals surface area contributed by atoms with Gasteiger partial charge in [-0.2, -0.15) is 0 Å². The number of carbonyl (C=O) groups is 3. The largest absolute Gasteiger partial charge is 0.508 e. The fourth-order valence-electron chi connectivity index (χ4n) is 10.1. The van der Waals surface area contributed by atoms with Crippen molar-refractivity contribution in [2.24, 2.45) is 0 Å². The minimum atomic E-state index is -0.510. The van der Waals surface area contributed by atoms with Crippen LogP contribution in [0.25, 0.3) is 0 Å². The fraction of sp³-hybridized carbons (Fsp3) is 0.370. The number of piperazine rings is 1. The number of fused-ring (bicyclic) bond motifs is 6. The molecule has 0 spiro atoms. The molecule has 1 unspecified atom stereocenters. The molecule has 3 amide bonds. The summed E-state index contributed by atoms with van der Waals surface area (Å²) in [5.41, 5.74) is 9.32. The second kappa shape index (κ2) is 14.3. The van der Waals surface area contributed by atoms with E-state index in [1.165, 1.54) is 22.3 Å². The highest BCUT2D eigenvalue weighted by Crippen LogP contribution is 2.47. The second-order valence-electron chi connectivity index (χ2n) is 16.6. The van der Waals surface area contributed by atoms with Gasteiger partial charge in [-0.25, -0.2) is 0 Å². The zero-order valence-electron chi connectivity index (χ0n) is 32.0. The number of rotatable bonds is 7. The summed E-state index contributed by atoms with van der Waals surface area (Å²) in [6, 6.07) is 29.0. The van der Waals surface area contributed by atoms with Crippen LogP contribution in [0.15, 0.2) is 97.2 Å². The third-order valence-electron chi connectivity index (χ3n) is 13.1. The Morgan fingerprint density at radius 1 is 0.895 bits per heavy atom. The molecule has 57 heavy (non-hydrogen) atoms. The second-order valence-corrected chi connectivity index (χ2v) is 16.6. The number of benzene rings is 4. The molecule has 0 radical (unpaired) electrons. The summed E-state index contributed by atoms with van der Waals surface area (Å²) < 4.78 is 6.38. The lowest BCUT2D eigenvalue weighted by Crippen LogP contribution is -2.62. The van der Waals surface area contributed by atoms with Crippen molar-refractivity contribution in [3.05, 3.63) is 131 Å². The van der Waals surface area contributed by atoms with E-state index >= 15 is 0 Å². The van der Waals surface area contributed by atoms with Crippen LogP contribution in [0.3, 0.4) is 0 Å². The Kier molecular flexibility index (Phi) is 8.92. The Labute approximate surface area is 332 Å². The van der Waals surface area contributed by atoms with Crippen molar-refractivity contribution >= 4 is 29.1 Å². The molecule has 3 saturated heterocycles. The molecule has 11 nitrogen and oxygen atoms in total. The Morgan fingerprint density at radius 3 is 2.53 bits per heavy atom. The standard InChI is InChI=1S/C46H48N6O5/c1-28-7-17-41(45(55)47-28)52-25-39-38(46(52)56)16-18-40-44(39)57-27-34-24-49(19-20-51(34)40)26-42(54)50-22-33(23-50)48-32-11-8-30(9-12-32)43-36(29-5-3-2-4-6-29)14-10-31-21-35(53)13-15-37(31)43/h2-6,8-9,11-13,15-16,18,21,33-34,36,41,43,48,53H,1,7,10,14,17,19-20,22-27H2,(H,47,55)/t34-,36-,41?,43+/m1/s1. The number of carbonyl (C=O) groups excluding carboxylic acids is 3. The van der Waals surface area contributed by atoms with Gasteiger partial charge >= 0.3 is 0 Å². The van der Waals surface area contributed by atoms with Crippen molar-refractivity contribution in [2.75, 3.05) is 56.1 Å². The van der Waals surface area contributed by atoms with E-state index in [0.717, 1.165) is 55.2 Å². The molecular weight excluding hydrogens is 717 g/mol. The highest BCUT2D eigenvalue weighted by Gasteiger charge is 2.43. The minimum Gasteiger partial charge on any atom is -0.508 e. The summed E-state index contributed by atoms with van der Waals surface area (Å²) in [7, 11) is 0. The smallest absolute Gasteiger partial charge is 0.255 e. The molecule has 3 fully saturated rings. The first-order valence-corrected chi connectivity index (χ1v) is 20.4. The first kappa shape index (κ1) is 35.6. The number of piperidine rings is 1. The average molecular weight is 765 g/mol. The van der Waals surface area contributed by atoms with E-state index in [4.69, 9.17) is 4.74 Å². The van der Waals surface area contributed by atoms with Gasteiger partial charge in [0.25, 0.3) is 5.91 Å². The van der Waals surface area contributed by atoms with Crippen LogP contribution in [0.1, 0.15) is 69.3 Å². The van der Waals surface area contributed by atoms with Crippen LogP contribution >= 0.6 is 0 Å². The molecule has 5 aliphatic heterocycles. The zero-order chi connectivity index (χ0) is 38.8. The van der Waals surface area contributed by atoms with Crippen molar-refractivity contribution in [1.29, 1.82) is 0 Å². The highest BCUT2D eigenvalue weighted by molar-refractivity contribution is 6.03. The molecule has 4 atom stereocenters. The minimum absolute atomic E-state index is 0.103. The van der Waals surface area contributed by atoms with Gasteiger partial charge in [0.05, 0.1) is 30.9 Å². The lowest BCUT2D eigenvalue weighted by atomic mass is 9.69. The number of aryl methyl sites for hydroxylation is 1. The Hall–Kier alpha value is -5.81. The zero-order valence-corrected chi connectivity index (χ0v) is 32.0. The number of allylic oxidation sites excluding steroid dienone is 1. The Balaban J connectivity index is 0.733. The van der Waals surface area contributed by atoms with Crippen molar-refractivity contribution in [2.45, 2.75) is 62.2 Å². The van der Waals surface area contributed by atoms with Crippen LogP contribution in [0.2, 0.25) is 0 Å². The summed E-state index contributed by atoms with van der Waals surface area (Å²) in [5, 5.41) is 16.7. The van der Waals surface area contributed by atoms with Crippen molar-refractivity contribution in [3.63, 3.8) is 0 Å². The van der Waals surface area contributed by atoms with E-state index in [1.807, 2.05) is 29.2 Å². The SMILES string of the molecule is C=C1CCC(N2Cc3c(ccc4c3OC[C@H]3CN(CC(=O)N5CC(Nc6ccc([C@@H]7c8ccc(O)cc8CC[C@@H]7c7ccccc7)cc6)C5)CCN43)C2=O)C(=O)N1. The number of aromatic hydroxyl groups is 1. The molecule has 11 heteroatoms. The first-order valence-electron chi connectivity index (χ1n) is 20.4. The van der Waals surface area contributed by atoms with Gasteiger partial charge in [-0.1, -0.05) is 55.1 Å². The normalized spacial score (nSPS) is 24.4. The maximum atomic E-state index is 13.4. The number of nitrogens with zero attached hydrogens (tertiary/aromatic N) is 4. The van der Waals surface area contributed by atoms with Gasteiger partial charge < -0.3 is 35.2 Å². The molecule has 0 aromatic heterocycles. The van der Waals surface area contributed by atoms with Gasteiger partial charge in [0.1, 0.15) is 24.1 Å². The third kappa shape index (κ3) is 6.47. The van der Waals surface area contributed by atoms with Crippen LogP contribution in [-0.4, -0.2) is 102 Å². The molecule has 5 heterocycles. The highest BCUT2D eigenvalue weighted by atomic mass is 16.5. The van der Waals surface area contributed by atoms with Gasteiger partial charge in [0.15, 0.2) is 0 Å². The summed E-state index contributed by atoms with van der Waals surface area (Å²) >= 11 is 0. The number of likely N-dealkylation sites (tertiary alicyclic amines) is 1. The molecule has 6 aliphatic rings. The van der Waals surface area contributed by atoms with Crippen LogP contribution < -0.4 is 20.3 Å². The predicted molar refractivity (Wildman–Crippen MR) is 218 cm³/mol. The van der Waals surface area contributed by atoms with Crippen LogP contribution in [-0.2, 0) is 22.6 Å². The van der Waals surface area contributed by atoms with E-state index in [0.29, 0.717) is 68.6 Å². The monoisotopic (exact) mass is 764 g/mol. The van der Waals surface area contributed by atoms with Gasteiger partial charge in [-0.15, -0.1) is 0 Å². The van der Waals surface area contributed by atoms with Crippen molar-refractivity contribution in [3.8, 4) is 11.5 Å². The molecular formula is C46H48N6O5. The average Bonchev–Trinajstić information content (AvgIpc) is 3.54. The van der Waals surface area contributed by atoms with E-state index < -0.39 is 6.04 Å². The molecule has 0 bridgehead atoms. The summed E-state index contributed by atoms with van der Waals surface area (Å²) in [4.78, 5) is 47.7. The van der Waals surface area contributed by atoms with Crippen LogP contribution in [0.5, 0.6) is 11.5 Å². The van der Waals surface area contributed by atoms with Gasteiger partial charge in [-0.3, -0.25) is 19.3 Å². The Morgan fingerprint density at radius 2 is 1.72 bits per heavy atom. The number of hydrogen-bond acceptors (Lipinski definition) is 8. The van der Waals surface area contributed by atoms with Crippen molar-refractivity contribution < 1.29 is 24.2 Å². The fourth-order valence-corrected chi connectivity index (χ4v) is 10.1. The topological polar surface area (TPSA) is 118 Å². The van der Waals surface area contributed by atoms with E-state index in [-0.39, 0.29) is 35.7 Å². The molecule has 3 N–H and O–H groups in total. The summed E-state index contributed by atoms with van der Waals surface area (Å²) in [6.07, 6.45) is 3.20.